The fourth-order valence-corrected chi connectivity index (χ4v) is 4.04. The van der Waals surface area contributed by atoms with Gasteiger partial charge in [-0.3, -0.25) is 9.59 Å². The highest BCUT2D eigenvalue weighted by atomic mass is 19.4. The zero-order valence-corrected chi connectivity index (χ0v) is 19.8. The van der Waals surface area contributed by atoms with E-state index in [1.165, 1.54) is 0 Å². The lowest BCUT2D eigenvalue weighted by atomic mass is 9.73. The molecular formula is C26H30F3NO5. The summed E-state index contributed by atoms with van der Waals surface area (Å²) >= 11 is 0. The smallest absolute Gasteiger partial charge is 0.490 e. The maximum atomic E-state index is 12.8. The SMILES string of the molecule is CCC(=O)c1cc(C(=O)CCCCN)cc2c1OCC2(CC)c1ccccc1.O=C(O)C(F)(F)F. The number of ketones is 2. The Hall–Kier alpha value is -3.20. The number of rotatable bonds is 9. The van der Waals surface area contributed by atoms with Crippen LogP contribution in [0.15, 0.2) is 42.5 Å². The first kappa shape index (κ1) is 28.0. The standard InChI is InChI=1S/C24H29NO3.C2HF3O2/c1-3-21(26)19-14-17(22(27)12-8-9-13-25)15-20-23(19)28-16-24(20,4-2)18-10-6-5-7-11-18;3-2(4,5)1(6)7/h5-7,10-11,14-15H,3-4,8-9,12-13,16,25H2,1-2H3;(H,6,7). The summed E-state index contributed by atoms with van der Waals surface area (Å²) in [6.07, 6.45) is -1.85. The van der Waals surface area contributed by atoms with Crippen molar-refractivity contribution in [2.24, 2.45) is 5.73 Å². The van der Waals surface area contributed by atoms with Crippen LogP contribution >= 0.6 is 0 Å². The molecule has 9 heteroatoms. The first-order valence-corrected chi connectivity index (χ1v) is 11.4. The van der Waals surface area contributed by atoms with E-state index >= 15 is 0 Å². The zero-order valence-electron chi connectivity index (χ0n) is 19.8. The number of carboxylic acids is 1. The molecule has 1 atom stereocenters. The Morgan fingerprint density at radius 1 is 1.06 bits per heavy atom. The van der Waals surface area contributed by atoms with Crippen LogP contribution in [0.5, 0.6) is 5.75 Å². The molecule has 1 heterocycles. The molecular weight excluding hydrogens is 463 g/mol. The van der Waals surface area contributed by atoms with Gasteiger partial charge in [0.05, 0.1) is 11.0 Å². The van der Waals surface area contributed by atoms with Gasteiger partial charge in [-0.05, 0) is 43.5 Å². The van der Waals surface area contributed by atoms with Crippen LogP contribution in [-0.2, 0) is 10.2 Å². The van der Waals surface area contributed by atoms with Crippen LogP contribution in [0.3, 0.4) is 0 Å². The number of Topliss-reactive ketones (excluding diaryl/α,β-unsaturated/α-hetero) is 2. The number of carbonyl (C=O) groups is 3. The predicted octanol–water partition coefficient (Wildman–Crippen LogP) is 5.31. The van der Waals surface area contributed by atoms with Crippen molar-refractivity contribution in [3.63, 3.8) is 0 Å². The lowest BCUT2D eigenvalue weighted by Gasteiger charge is -2.27. The number of fused-ring (bicyclic) bond motifs is 1. The van der Waals surface area contributed by atoms with Gasteiger partial charge in [0.15, 0.2) is 11.6 Å². The summed E-state index contributed by atoms with van der Waals surface area (Å²) in [6.45, 7) is 5.03. The van der Waals surface area contributed by atoms with E-state index in [0.717, 1.165) is 30.4 Å². The normalized spacial score (nSPS) is 16.5. The van der Waals surface area contributed by atoms with Crippen molar-refractivity contribution < 1.29 is 37.4 Å². The average Bonchev–Trinajstić information content (AvgIpc) is 3.23. The molecule has 2 aromatic rings. The summed E-state index contributed by atoms with van der Waals surface area (Å²) in [5.74, 6) is -2.04. The molecule has 1 aliphatic heterocycles. The van der Waals surface area contributed by atoms with Crippen LogP contribution in [0.25, 0.3) is 0 Å². The van der Waals surface area contributed by atoms with Crippen LogP contribution in [0.4, 0.5) is 13.2 Å². The van der Waals surface area contributed by atoms with E-state index < -0.39 is 12.1 Å². The summed E-state index contributed by atoms with van der Waals surface area (Å²) in [6, 6.07) is 13.9. The number of alkyl halides is 3. The maximum Gasteiger partial charge on any atom is 0.490 e. The van der Waals surface area contributed by atoms with Crippen molar-refractivity contribution in [3.8, 4) is 5.75 Å². The van der Waals surface area contributed by atoms with Crippen molar-refractivity contribution in [1.29, 1.82) is 0 Å². The average molecular weight is 494 g/mol. The van der Waals surface area contributed by atoms with E-state index in [1.54, 1.807) is 6.07 Å². The minimum absolute atomic E-state index is 0.00724. The van der Waals surface area contributed by atoms with E-state index in [2.05, 4.69) is 19.1 Å². The first-order chi connectivity index (χ1) is 16.5. The summed E-state index contributed by atoms with van der Waals surface area (Å²) in [4.78, 5) is 34.4. The van der Waals surface area contributed by atoms with Gasteiger partial charge in [0.25, 0.3) is 0 Å². The number of aliphatic carboxylic acids is 1. The number of carbonyl (C=O) groups excluding carboxylic acids is 2. The second kappa shape index (κ2) is 12.0. The molecule has 0 radical (unpaired) electrons. The number of hydrogen-bond acceptors (Lipinski definition) is 5. The number of ether oxygens (including phenoxy) is 1. The third-order valence-electron chi connectivity index (χ3n) is 6.04. The Morgan fingerprint density at radius 2 is 1.69 bits per heavy atom. The molecule has 3 N–H and O–H groups in total. The molecule has 1 aliphatic rings. The number of halogens is 3. The summed E-state index contributed by atoms with van der Waals surface area (Å²) in [7, 11) is 0. The van der Waals surface area contributed by atoms with Crippen molar-refractivity contribution in [3.05, 3.63) is 64.7 Å². The third-order valence-corrected chi connectivity index (χ3v) is 6.04. The molecule has 35 heavy (non-hydrogen) atoms. The van der Waals surface area contributed by atoms with E-state index in [1.807, 2.05) is 31.2 Å². The van der Waals surface area contributed by atoms with Gasteiger partial charge in [0.2, 0.25) is 0 Å². The van der Waals surface area contributed by atoms with Crippen LogP contribution in [-0.4, -0.2) is 42.0 Å². The summed E-state index contributed by atoms with van der Waals surface area (Å²) in [5, 5.41) is 7.12. The van der Waals surface area contributed by atoms with Crippen molar-refractivity contribution in [2.75, 3.05) is 13.2 Å². The predicted molar refractivity (Wildman–Crippen MR) is 125 cm³/mol. The summed E-state index contributed by atoms with van der Waals surface area (Å²) < 4.78 is 37.8. The molecule has 0 aromatic heterocycles. The maximum absolute atomic E-state index is 12.8. The molecule has 1 unspecified atom stereocenters. The van der Waals surface area contributed by atoms with Crippen molar-refractivity contribution in [2.45, 2.75) is 57.5 Å². The molecule has 190 valence electrons. The Balaban J connectivity index is 0.000000540. The molecule has 0 aliphatic carbocycles. The van der Waals surface area contributed by atoms with Gasteiger partial charge in [0.1, 0.15) is 12.4 Å². The second-order valence-electron chi connectivity index (χ2n) is 8.24. The van der Waals surface area contributed by atoms with Crippen LogP contribution in [0, 0.1) is 0 Å². The number of unbranched alkanes of at least 4 members (excludes halogenated alkanes) is 1. The lowest BCUT2D eigenvalue weighted by molar-refractivity contribution is -0.192. The number of carboxylic acid groups (broad SMARTS) is 1. The molecule has 0 bridgehead atoms. The topological polar surface area (TPSA) is 107 Å². The largest absolute Gasteiger partial charge is 0.491 e. The van der Waals surface area contributed by atoms with E-state index in [0.29, 0.717) is 42.9 Å². The van der Waals surface area contributed by atoms with E-state index in [-0.39, 0.29) is 17.0 Å². The van der Waals surface area contributed by atoms with Gasteiger partial charge >= 0.3 is 12.1 Å². The minimum Gasteiger partial charge on any atom is -0.491 e. The lowest BCUT2D eigenvalue weighted by Crippen LogP contribution is -2.28. The zero-order chi connectivity index (χ0) is 26.2. The number of nitrogens with two attached hydrogens (primary N) is 1. The highest BCUT2D eigenvalue weighted by Crippen LogP contribution is 2.48. The molecule has 0 saturated carbocycles. The molecule has 2 aromatic carbocycles. The van der Waals surface area contributed by atoms with Gasteiger partial charge in [-0.1, -0.05) is 44.2 Å². The van der Waals surface area contributed by atoms with Crippen molar-refractivity contribution >= 4 is 17.5 Å². The van der Waals surface area contributed by atoms with Crippen LogP contribution in [0.1, 0.15) is 77.8 Å². The third kappa shape index (κ3) is 6.48. The number of benzene rings is 2. The Labute approximate surface area is 202 Å². The van der Waals surface area contributed by atoms with Crippen LogP contribution < -0.4 is 10.5 Å². The minimum atomic E-state index is -5.08. The quantitative estimate of drug-likeness (QED) is 0.362. The van der Waals surface area contributed by atoms with Crippen LogP contribution in [0.2, 0.25) is 0 Å². The Morgan fingerprint density at radius 3 is 2.20 bits per heavy atom. The van der Waals surface area contributed by atoms with Gasteiger partial charge < -0.3 is 15.6 Å². The molecule has 0 fully saturated rings. The van der Waals surface area contributed by atoms with Gasteiger partial charge in [-0.2, -0.15) is 13.2 Å². The first-order valence-electron chi connectivity index (χ1n) is 11.4. The Bertz CT molecular complexity index is 1050. The van der Waals surface area contributed by atoms with Crippen molar-refractivity contribution in [1.82, 2.24) is 0 Å². The fourth-order valence-electron chi connectivity index (χ4n) is 4.04. The highest BCUT2D eigenvalue weighted by Gasteiger charge is 2.43. The molecule has 0 spiro atoms. The number of hydrogen-bond donors (Lipinski definition) is 2. The van der Waals surface area contributed by atoms with Gasteiger partial charge in [0, 0.05) is 24.0 Å². The summed E-state index contributed by atoms with van der Waals surface area (Å²) in [5.41, 5.74) is 8.47. The highest BCUT2D eigenvalue weighted by molar-refractivity contribution is 6.04. The van der Waals surface area contributed by atoms with Gasteiger partial charge in [-0.15, -0.1) is 0 Å². The van der Waals surface area contributed by atoms with Gasteiger partial charge in [-0.25, -0.2) is 4.79 Å². The second-order valence-corrected chi connectivity index (χ2v) is 8.24. The van der Waals surface area contributed by atoms with E-state index in [4.69, 9.17) is 20.4 Å². The Kier molecular flexibility index (Phi) is 9.59. The molecule has 6 nitrogen and oxygen atoms in total. The molecule has 0 saturated heterocycles. The van der Waals surface area contributed by atoms with E-state index in [9.17, 15) is 22.8 Å². The monoisotopic (exact) mass is 493 g/mol. The molecule has 0 amide bonds. The fraction of sp³-hybridized carbons (Fsp3) is 0.423. The molecule has 3 rings (SSSR count).